The molecule has 0 rings (SSSR count). The Labute approximate surface area is 288 Å². The first-order valence-corrected chi connectivity index (χ1v) is 20.0. The van der Waals surface area contributed by atoms with Gasteiger partial charge in [-0.25, -0.2) is 0 Å². The number of hydrogen-bond donors (Lipinski definition) is 0. The van der Waals surface area contributed by atoms with E-state index in [9.17, 15) is 19.0 Å². The minimum Gasteiger partial charge on any atom is -0.756 e. The molecule has 0 bridgehead atoms. The first-order valence-electron chi connectivity index (χ1n) is 18.5. The van der Waals surface area contributed by atoms with E-state index in [1.807, 2.05) is 21.1 Å². The van der Waals surface area contributed by atoms with Gasteiger partial charge < -0.3 is 27.9 Å². The quantitative estimate of drug-likeness (QED) is 0.0221. The third kappa shape index (κ3) is 34.2. The number of allylic oxidation sites excluding steroid dienone is 4. The van der Waals surface area contributed by atoms with Gasteiger partial charge in [0, 0.05) is 12.8 Å². The van der Waals surface area contributed by atoms with Crippen LogP contribution in [0.5, 0.6) is 0 Å². The van der Waals surface area contributed by atoms with Crippen LogP contribution in [0.3, 0.4) is 0 Å². The third-order valence-corrected chi connectivity index (χ3v) is 8.74. The second kappa shape index (κ2) is 30.5. The maximum absolute atomic E-state index is 12.4. The molecule has 10 heteroatoms. The van der Waals surface area contributed by atoms with Crippen LogP contribution < -0.4 is 4.89 Å². The topological polar surface area (TPSA) is 111 Å². The molecule has 276 valence electrons. The van der Waals surface area contributed by atoms with Gasteiger partial charge in [-0.15, -0.1) is 0 Å². The Morgan fingerprint density at radius 2 is 1.19 bits per heavy atom. The lowest BCUT2D eigenvalue weighted by Crippen LogP contribution is -2.37. The molecular weight excluding hydrogens is 617 g/mol. The summed E-state index contributed by atoms with van der Waals surface area (Å²) in [5.41, 5.74) is 0. The minimum absolute atomic E-state index is 0.0322. The van der Waals surface area contributed by atoms with Gasteiger partial charge in [-0.3, -0.25) is 14.2 Å². The van der Waals surface area contributed by atoms with Crippen LogP contribution in [-0.4, -0.2) is 70.0 Å². The molecule has 0 aliphatic rings. The lowest BCUT2D eigenvalue weighted by molar-refractivity contribution is -0.870. The van der Waals surface area contributed by atoms with Crippen molar-refractivity contribution in [3.8, 4) is 0 Å². The molecule has 0 aliphatic heterocycles. The van der Waals surface area contributed by atoms with Gasteiger partial charge in [0.2, 0.25) is 0 Å². The number of nitrogens with zero attached hydrogens (tertiary/aromatic N) is 1. The Balaban J connectivity index is 3.88. The summed E-state index contributed by atoms with van der Waals surface area (Å²) in [5, 5.41) is 0. The average Bonchev–Trinajstić information content (AvgIpc) is 3.01. The molecule has 0 N–H and O–H groups in total. The lowest BCUT2D eigenvalue weighted by atomic mass is 10.0. The molecule has 0 radical (unpaired) electrons. The number of carbonyl (C=O) groups is 2. The Morgan fingerprint density at radius 3 is 1.70 bits per heavy atom. The molecular formula is C37H70NO8P. The van der Waals surface area contributed by atoms with Crippen LogP contribution in [0.25, 0.3) is 0 Å². The van der Waals surface area contributed by atoms with E-state index in [4.69, 9.17) is 18.5 Å². The molecule has 2 atom stereocenters. The highest BCUT2D eigenvalue weighted by Gasteiger charge is 2.21. The van der Waals surface area contributed by atoms with Crippen molar-refractivity contribution in [1.82, 2.24) is 0 Å². The highest BCUT2D eigenvalue weighted by atomic mass is 31.2. The van der Waals surface area contributed by atoms with Crippen molar-refractivity contribution in [3.05, 3.63) is 24.3 Å². The predicted octanol–water partition coefficient (Wildman–Crippen LogP) is 8.99. The van der Waals surface area contributed by atoms with E-state index < -0.39 is 32.5 Å². The highest BCUT2D eigenvalue weighted by Crippen LogP contribution is 2.38. The number of ether oxygens (including phenoxy) is 2. The number of carbonyl (C=O) groups excluding carboxylic acids is 2. The van der Waals surface area contributed by atoms with Crippen LogP contribution >= 0.6 is 7.82 Å². The summed E-state index contributed by atoms with van der Waals surface area (Å²) in [6.07, 6.45) is 31.7. The van der Waals surface area contributed by atoms with E-state index in [1.54, 1.807) is 6.92 Å². The normalized spacial score (nSPS) is 14.1. The number of phosphoric ester groups is 1. The van der Waals surface area contributed by atoms with E-state index in [1.165, 1.54) is 89.9 Å². The zero-order valence-corrected chi connectivity index (χ0v) is 31.6. The van der Waals surface area contributed by atoms with E-state index in [0.717, 1.165) is 25.7 Å². The van der Waals surface area contributed by atoms with Crippen molar-refractivity contribution in [1.29, 1.82) is 0 Å². The molecule has 0 fully saturated rings. The van der Waals surface area contributed by atoms with Crippen LogP contribution in [0.2, 0.25) is 0 Å². The van der Waals surface area contributed by atoms with E-state index in [0.29, 0.717) is 17.4 Å². The fraction of sp³-hybridized carbons (Fsp3) is 0.838. The maximum atomic E-state index is 12.4. The molecule has 0 spiro atoms. The Morgan fingerprint density at radius 1 is 0.681 bits per heavy atom. The molecule has 0 aromatic rings. The summed E-state index contributed by atoms with van der Waals surface area (Å²) in [7, 11) is 1.16. The van der Waals surface area contributed by atoms with Crippen molar-refractivity contribution >= 4 is 19.8 Å². The number of phosphoric acid groups is 1. The second-order valence-corrected chi connectivity index (χ2v) is 15.0. The van der Waals surface area contributed by atoms with Crippen molar-refractivity contribution in [2.75, 3.05) is 47.5 Å². The maximum Gasteiger partial charge on any atom is 0.306 e. The Hall–Kier alpha value is -1.51. The molecule has 0 aromatic heterocycles. The van der Waals surface area contributed by atoms with E-state index in [2.05, 4.69) is 31.2 Å². The van der Waals surface area contributed by atoms with Crippen LogP contribution in [0.15, 0.2) is 24.3 Å². The monoisotopic (exact) mass is 687 g/mol. The van der Waals surface area contributed by atoms with Crippen LogP contribution in [-0.2, 0) is 32.7 Å². The first-order chi connectivity index (χ1) is 22.5. The fourth-order valence-corrected chi connectivity index (χ4v) is 5.51. The van der Waals surface area contributed by atoms with Crippen molar-refractivity contribution in [2.24, 2.45) is 0 Å². The average molecular weight is 688 g/mol. The SMILES string of the molecule is CCCCCCC/C=C\C/C=C\CCCCCCCCCCCCCC(=O)OC(COC(=O)CC)COP(=O)([O-])OCC[N+](C)(C)C. The molecule has 0 aliphatic carbocycles. The molecule has 47 heavy (non-hydrogen) atoms. The first kappa shape index (κ1) is 45.5. The van der Waals surface area contributed by atoms with Gasteiger partial charge in [-0.2, -0.15) is 0 Å². The lowest BCUT2D eigenvalue weighted by Gasteiger charge is -2.28. The zero-order chi connectivity index (χ0) is 35.1. The number of esters is 2. The molecule has 0 amide bonds. The van der Waals surface area contributed by atoms with E-state index >= 15 is 0 Å². The van der Waals surface area contributed by atoms with Gasteiger partial charge in [0.25, 0.3) is 7.82 Å². The van der Waals surface area contributed by atoms with Crippen molar-refractivity contribution in [2.45, 2.75) is 155 Å². The third-order valence-electron chi connectivity index (χ3n) is 7.78. The summed E-state index contributed by atoms with van der Waals surface area (Å²) < 4.78 is 32.9. The summed E-state index contributed by atoms with van der Waals surface area (Å²) in [6, 6.07) is 0. The van der Waals surface area contributed by atoms with Gasteiger partial charge in [0.1, 0.15) is 19.8 Å². The van der Waals surface area contributed by atoms with Gasteiger partial charge in [-0.05, 0) is 38.5 Å². The van der Waals surface area contributed by atoms with E-state index in [-0.39, 0.29) is 26.1 Å². The number of quaternary nitrogens is 1. The van der Waals surface area contributed by atoms with Crippen LogP contribution in [0.1, 0.15) is 149 Å². The van der Waals surface area contributed by atoms with Crippen molar-refractivity contribution in [3.63, 3.8) is 0 Å². The Bertz CT molecular complexity index is 871. The number of unbranched alkanes of at least 4 members (excludes halogenated alkanes) is 16. The smallest absolute Gasteiger partial charge is 0.306 e. The van der Waals surface area contributed by atoms with Gasteiger partial charge >= 0.3 is 11.9 Å². The molecule has 0 saturated carbocycles. The second-order valence-electron chi connectivity index (χ2n) is 13.5. The molecule has 9 nitrogen and oxygen atoms in total. The summed E-state index contributed by atoms with van der Waals surface area (Å²) in [6.45, 7) is 3.60. The standard InChI is InChI=1S/C37H70NO8P/c1-6-8-9-10-11-12-13-14-15-16-17-18-19-20-21-22-23-24-25-26-27-28-29-30-37(40)46-35(33-43-36(39)7-2)34-45-47(41,42)44-32-31-38(3,4)5/h13-14,16-17,35H,6-12,15,18-34H2,1-5H3/b14-13-,17-16-. The largest absolute Gasteiger partial charge is 0.756 e. The highest BCUT2D eigenvalue weighted by molar-refractivity contribution is 7.45. The Kier molecular flexibility index (Phi) is 29.6. The van der Waals surface area contributed by atoms with Gasteiger partial charge in [-0.1, -0.05) is 122 Å². The number of likely N-dealkylation sites (N-methyl/N-ethyl adjacent to an activating group) is 1. The minimum atomic E-state index is -4.59. The molecule has 2 unspecified atom stereocenters. The number of hydrogen-bond acceptors (Lipinski definition) is 8. The van der Waals surface area contributed by atoms with Crippen LogP contribution in [0, 0.1) is 0 Å². The van der Waals surface area contributed by atoms with Crippen LogP contribution in [0.4, 0.5) is 0 Å². The molecule has 0 heterocycles. The summed E-state index contributed by atoms with van der Waals surface area (Å²) >= 11 is 0. The molecule has 0 saturated heterocycles. The zero-order valence-electron chi connectivity index (χ0n) is 30.7. The van der Waals surface area contributed by atoms with Gasteiger partial charge in [0.05, 0.1) is 27.7 Å². The molecule has 0 aromatic carbocycles. The van der Waals surface area contributed by atoms with Gasteiger partial charge in [0.15, 0.2) is 6.10 Å². The fourth-order valence-electron chi connectivity index (χ4n) is 4.78. The van der Waals surface area contributed by atoms with Crippen molar-refractivity contribution < 1.29 is 42.1 Å². The predicted molar refractivity (Wildman–Crippen MR) is 190 cm³/mol. The summed E-state index contributed by atoms with van der Waals surface area (Å²) in [5.74, 6) is -0.936. The number of rotatable bonds is 33. The summed E-state index contributed by atoms with van der Waals surface area (Å²) in [4.78, 5) is 36.1.